The molecule has 0 spiro atoms. The second-order valence-electron chi connectivity index (χ2n) is 13.1. The van der Waals surface area contributed by atoms with E-state index in [2.05, 4.69) is 170 Å². The Kier molecular flexibility index (Phi) is 7.14. The molecule has 0 unspecified atom stereocenters. The van der Waals surface area contributed by atoms with Crippen molar-refractivity contribution in [3.05, 3.63) is 188 Å². The molecule has 1 heterocycles. The maximum atomic E-state index is 5.17. The van der Waals surface area contributed by atoms with Crippen LogP contribution in [0.2, 0.25) is 0 Å². The summed E-state index contributed by atoms with van der Waals surface area (Å²) >= 11 is 0. The predicted molar refractivity (Wildman–Crippen MR) is 217 cm³/mol. The first-order valence-electron chi connectivity index (χ1n) is 17.6. The van der Waals surface area contributed by atoms with Crippen LogP contribution in [0.25, 0.3) is 99.5 Å². The van der Waals surface area contributed by atoms with Crippen LogP contribution in [-0.2, 0) is 0 Å². The SMILES string of the molecule is c1ccc(-c2nc(-c3cccc(-c4c5ccccc5c(-c5cccc6ccccc56)c5ccccc45)c3)nc(-c3cccc4ccccc34)n2)cc1. The summed E-state index contributed by atoms with van der Waals surface area (Å²) < 4.78 is 0. The lowest BCUT2D eigenvalue weighted by Crippen LogP contribution is -2.00. The van der Waals surface area contributed by atoms with Crippen molar-refractivity contribution in [1.82, 2.24) is 15.0 Å². The minimum atomic E-state index is 0.639. The summed E-state index contributed by atoms with van der Waals surface area (Å²) in [6.07, 6.45) is 0. The minimum absolute atomic E-state index is 0.639. The van der Waals surface area contributed by atoms with Gasteiger partial charge in [0, 0.05) is 16.7 Å². The van der Waals surface area contributed by atoms with Gasteiger partial charge in [0.15, 0.2) is 17.5 Å². The lowest BCUT2D eigenvalue weighted by atomic mass is 9.84. The van der Waals surface area contributed by atoms with E-state index in [1.165, 1.54) is 49.0 Å². The Bertz CT molecular complexity index is 2900. The van der Waals surface area contributed by atoms with Gasteiger partial charge in [0.25, 0.3) is 0 Å². The summed E-state index contributed by atoms with van der Waals surface area (Å²) in [6.45, 7) is 0. The van der Waals surface area contributed by atoms with Gasteiger partial charge in [0.05, 0.1) is 0 Å². The highest BCUT2D eigenvalue weighted by molar-refractivity contribution is 6.23. The van der Waals surface area contributed by atoms with E-state index >= 15 is 0 Å². The average molecular weight is 662 g/mol. The average Bonchev–Trinajstić information content (AvgIpc) is 3.22. The van der Waals surface area contributed by atoms with Crippen molar-refractivity contribution in [3.8, 4) is 56.4 Å². The van der Waals surface area contributed by atoms with Crippen molar-refractivity contribution >= 4 is 43.1 Å². The molecule has 0 amide bonds. The molecule has 0 aliphatic carbocycles. The molecule has 10 rings (SSSR count). The third-order valence-corrected chi connectivity index (χ3v) is 10.1. The fraction of sp³-hybridized carbons (Fsp3) is 0. The summed E-state index contributed by atoms with van der Waals surface area (Å²) in [5.74, 6) is 1.94. The molecule has 0 N–H and O–H groups in total. The Morgan fingerprint density at radius 2 is 0.654 bits per heavy atom. The van der Waals surface area contributed by atoms with E-state index in [4.69, 9.17) is 15.0 Å². The van der Waals surface area contributed by atoms with Crippen molar-refractivity contribution in [1.29, 1.82) is 0 Å². The molecule has 242 valence electrons. The number of benzene rings is 9. The molecule has 52 heavy (non-hydrogen) atoms. The number of aromatic nitrogens is 3. The molecule has 10 aromatic rings. The first kappa shape index (κ1) is 29.9. The Morgan fingerprint density at radius 1 is 0.250 bits per heavy atom. The molecule has 0 aliphatic rings. The number of fused-ring (bicyclic) bond motifs is 4. The summed E-state index contributed by atoms with van der Waals surface area (Å²) in [4.78, 5) is 15.3. The van der Waals surface area contributed by atoms with E-state index in [1.807, 2.05) is 18.2 Å². The zero-order chi connectivity index (χ0) is 34.4. The van der Waals surface area contributed by atoms with Crippen molar-refractivity contribution in [3.63, 3.8) is 0 Å². The molecule has 1 aromatic heterocycles. The number of rotatable bonds is 5. The molecule has 3 nitrogen and oxygen atoms in total. The van der Waals surface area contributed by atoms with Gasteiger partial charge in [-0.1, -0.05) is 182 Å². The molecule has 3 heteroatoms. The van der Waals surface area contributed by atoms with Gasteiger partial charge in [-0.2, -0.15) is 0 Å². The van der Waals surface area contributed by atoms with E-state index in [1.54, 1.807) is 0 Å². The maximum absolute atomic E-state index is 5.17. The van der Waals surface area contributed by atoms with Crippen LogP contribution >= 0.6 is 0 Å². The van der Waals surface area contributed by atoms with Gasteiger partial charge in [-0.25, -0.2) is 15.0 Å². The Morgan fingerprint density at radius 3 is 1.29 bits per heavy atom. The summed E-state index contributed by atoms with van der Waals surface area (Å²) in [5.41, 5.74) is 7.68. The van der Waals surface area contributed by atoms with Gasteiger partial charge in [-0.3, -0.25) is 0 Å². The fourth-order valence-electron chi connectivity index (χ4n) is 7.75. The van der Waals surface area contributed by atoms with Gasteiger partial charge < -0.3 is 0 Å². The topological polar surface area (TPSA) is 38.7 Å². The lowest BCUT2D eigenvalue weighted by Gasteiger charge is -2.19. The van der Waals surface area contributed by atoms with Crippen molar-refractivity contribution in [2.75, 3.05) is 0 Å². The first-order chi connectivity index (χ1) is 25.8. The summed E-state index contributed by atoms with van der Waals surface area (Å²) in [6, 6.07) is 66.5. The van der Waals surface area contributed by atoms with Crippen molar-refractivity contribution < 1.29 is 0 Å². The molecule has 0 aliphatic heterocycles. The van der Waals surface area contributed by atoms with Crippen molar-refractivity contribution in [2.24, 2.45) is 0 Å². The first-order valence-corrected chi connectivity index (χ1v) is 17.6. The van der Waals surface area contributed by atoms with Crippen LogP contribution in [0.5, 0.6) is 0 Å². The van der Waals surface area contributed by atoms with Gasteiger partial charge >= 0.3 is 0 Å². The molecule has 0 radical (unpaired) electrons. The molecule has 0 fully saturated rings. The number of nitrogens with zero attached hydrogens (tertiary/aromatic N) is 3. The fourth-order valence-corrected chi connectivity index (χ4v) is 7.75. The Balaban J connectivity index is 1.21. The van der Waals surface area contributed by atoms with E-state index in [9.17, 15) is 0 Å². The molecule has 0 atom stereocenters. The van der Waals surface area contributed by atoms with Crippen LogP contribution < -0.4 is 0 Å². The largest absolute Gasteiger partial charge is 0.208 e. The van der Waals surface area contributed by atoms with E-state index in [0.29, 0.717) is 17.5 Å². The van der Waals surface area contributed by atoms with E-state index < -0.39 is 0 Å². The van der Waals surface area contributed by atoms with Crippen LogP contribution in [0.3, 0.4) is 0 Å². The third kappa shape index (κ3) is 5.02. The van der Waals surface area contributed by atoms with Gasteiger partial charge in [0.2, 0.25) is 0 Å². The third-order valence-electron chi connectivity index (χ3n) is 10.1. The van der Waals surface area contributed by atoms with Crippen LogP contribution in [0.1, 0.15) is 0 Å². The molecule has 0 saturated heterocycles. The standard InChI is InChI=1S/C49H31N3/c1-2-17-34(18-3-1)47-50-48(52-49(51-47)44-30-14-20-33-16-5-7-24-38(33)44)36-22-12-21-35(31-36)45-40-25-8-10-27-42(40)46(43-28-11-9-26-41(43)45)39-29-13-19-32-15-4-6-23-37(32)39/h1-31H. The highest BCUT2D eigenvalue weighted by Gasteiger charge is 2.19. The minimum Gasteiger partial charge on any atom is -0.208 e. The summed E-state index contributed by atoms with van der Waals surface area (Å²) in [7, 11) is 0. The zero-order valence-corrected chi connectivity index (χ0v) is 28.2. The smallest absolute Gasteiger partial charge is 0.164 e. The zero-order valence-electron chi connectivity index (χ0n) is 28.2. The van der Waals surface area contributed by atoms with Gasteiger partial charge in [-0.05, 0) is 71.4 Å². The van der Waals surface area contributed by atoms with Crippen LogP contribution in [0.15, 0.2) is 188 Å². The van der Waals surface area contributed by atoms with Gasteiger partial charge in [0.1, 0.15) is 0 Å². The van der Waals surface area contributed by atoms with E-state index in [-0.39, 0.29) is 0 Å². The van der Waals surface area contributed by atoms with Crippen LogP contribution in [-0.4, -0.2) is 15.0 Å². The molecule has 0 saturated carbocycles. The maximum Gasteiger partial charge on any atom is 0.164 e. The molecule has 0 bridgehead atoms. The van der Waals surface area contributed by atoms with Crippen LogP contribution in [0, 0.1) is 0 Å². The highest BCUT2D eigenvalue weighted by Crippen LogP contribution is 2.45. The molecular formula is C49H31N3. The van der Waals surface area contributed by atoms with Crippen LogP contribution in [0.4, 0.5) is 0 Å². The lowest BCUT2D eigenvalue weighted by molar-refractivity contribution is 1.08. The normalized spacial score (nSPS) is 11.5. The monoisotopic (exact) mass is 661 g/mol. The number of hydrogen-bond donors (Lipinski definition) is 0. The molecular weight excluding hydrogens is 631 g/mol. The predicted octanol–water partition coefficient (Wildman–Crippen LogP) is 12.8. The van der Waals surface area contributed by atoms with E-state index in [0.717, 1.165) is 33.0 Å². The second-order valence-corrected chi connectivity index (χ2v) is 13.1. The molecule has 9 aromatic carbocycles. The summed E-state index contributed by atoms with van der Waals surface area (Å²) in [5, 5.41) is 9.61. The quantitative estimate of drug-likeness (QED) is 0.172. The van der Waals surface area contributed by atoms with Gasteiger partial charge in [-0.15, -0.1) is 0 Å². The Labute approximate surface area is 301 Å². The second kappa shape index (κ2) is 12.4. The highest BCUT2D eigenvalue weighted by atomic mass is 15.0. The number of hydrogen-bond acceptors (Lipinski definition) is 3. The Hall–Kier alpha value is -6.97. The van der Waals surface area contributed by atoms with Crippen molar-refractivity contribution in [2.45, 2.75) is 0 Å².